The molecule has 110 valence electrons. The molecule has 0 spiro atoms. The van der Waals surface area contributed by atoms with Gasteiger partial charge in [-0.1, -0.05) is 37.8 Å². The van der Waals surface area contributed by atoms with Gasteiger partial charge in [-0.25, -0.2) is 9.37 Å². The summed E-state index contributed by atoms with van der Waals surface area (Å²) in [6, 6.07) is 3.27. The van der Waals surface area contributed by atoms with Gasteiger partial charge >= 0.3 is 0 Å². The van der Waals surface area contributed by atoms with E-state index in [0.717, 1.165) is 24.2 Å². The van der Waals surface area contributed by atoms with Crippen molar-refractivity contribution in [2.24, 2.45) is 0 Å². The van der Waals surface area contributed by atoms with Crippen molar-refractivity contribution < 1.29 is 4.39 Å². The largest absolute Gasteiger partial charge is 0.324 e. The van der Waals surface area contributed by atoms with Crippen LogP contribution in [0.15, 0.2) is 12.1 Å². The lowest BCUT2D eigenvalue weighted by molar-refractivity contribution is 0.477. The standard InChI is InChI=1S/C15H19Cl2FN2/c1-3-4-5-6-10(2)20-14-8-12(18)11(17)7-13(14)19-15(20)9-16/h7-8,10H,3-6,9H2,1-2H3. The van der Waals surface area contributed by atoms with Crippen molar-refractivity contribution in [3.8, 4) is 0 Å². The second kappa shape index (κ2) is 6.77. The molecule has 1 heterocycles. The lowest BCUT2D eigenvalue weighted by atomic mass is 10.1. The molecule has 0 aliphatic carbocycles. The summed E-state index contributed by atoms with van der Waals surface area (Å²) in [5.74, 6) is 0.668. The van der Waals surface area contributed by atoms with Crippen molar-refractivity contribution in [1.29, 1.82) is 0 Å². The minimum Gasteiger partial charge on any atom is -0.324 e. The summed E-state index contributed by atoms with van der Waals surface area (Å²) >= 11 is 11.8. The number of benzene rings is 1. The van der Waals surface area contributed by atoms with E-state index in [1.54, 1.807) is 6.07 Å². The Kier molecular flexibility index (Phi) is 5.28. The summed E-state index contributed by atoms with van der Waals surface area (Å²) in [7, 11) is 0. The molecule has 0 N–H and O–H groups in total. The molecule has 0 radical (unpaired) electrons. The van der Waals surface area contributed by atoms with E-state index < -0.39 is 5.82 Å². The summed E-state index contributed by atoms with van der Waals surface area (Å²) in [6.45, 7) is 4.30. The lowest BCUT2D eigenvalue weighted by Gasteiger charge is -2.17. The number of unbranched alkanes of at least 4 members (excludes halogenated alkanes) is 2. The van der Waals surface area contributed by atoms with Crippen LogP contribution in [0.25, 0.3) is 11.0 Å². The van der Waals surface area contributed by atoms with Gasteiger partial charge in [-0.3, -0.25) is 0 Å². The number of rotatable bonds is 6. The Hall–Kier alpha value is -0.800. The van der Waals surface area contributed by atoms with Crippen LogP contribution in [0.2, 0.25) is 5.02 Å². The fraction of sp³-hybridized carbons (Fsp3) is 0.533. The number of nitrogens with zero attached hydrogens (tertiary/aromatic N) is 2. The van der Waals surface area contributed by atoms with E-state index in [-0.39, 0.29) is 11.1 Å². The summed E-state index contributed by atoms with van der Waals surface area (Å²) < 4.78 is 15.7. The third-order valence-electron chi connectivity index (χ3n) is 3.59. The zero-order valence-corrected chi connectivity index (χ0v) is 13.3. The van der Waals surface area contributed by atoms with E-state index in [1.807, 2.05) is 4.57 Å². The quantitative estimate of drug-likeness (QED) is 0.493. The van der Waals surface area contributed by atoms with Crippen LogP contribution >= 0.6 is 23.2 Å². The third kappa shape index (κ3) is 3.09. The van der Waals surface area contributed by atoms with Crippen LogP contribution in [0, 0.1) is 5.82 Å². The van der Waals surface area contributed by atoms with Gasteiger partial charge in [0, 0.05) is 12.1 Å². The van der Waals surface area contributed by atoms with Crippen LogP contribution in [-0.2, 0) is 5.88 Å². The highest BCUT2D eigenvalue weighted by molar-refractivity contribution is 6.31. The van der Waals surface area contributed by atoms with Gasteiger partial charge in [-0.05, 0) is 19.4 Å². The van der Waals surface area contributed by atoms with Crippen LogP contribution in [0.1, 0.15) is 51.4 Å². The number of imidazole rings is 1. The maximum atomic E-state index is 13.7. The first kappa shape index (κ1) is 15.6. The van der Waals surface area contributed by atoms with Crippen molar-refractivity contribution in [2.45, 2.75) is 51.5 Å². The third-order valence-corrected chi connectivity index (χ3v) is 4.12. The van der Waals surface area contributed by atoms with E-state index in [9.17, 15) is 4.39 Å². The Bertz CT molecular complexity index is 595. The van der Waals surface area contributed by atoms with Crippen molar-refractivity contribution >= 4 is 34.2 Å². The second-order valence-electron chi connectivity index (χ2n) is 5.13. The minimum absolute atomic E-state index is 0.0990. The van der Waals surface area contributed by atoms with Gasteiger partial charge in [0.1, 0.15) is 11.6 Å². The Morgan fingerprint density at radius 2 is 2.10 bits per heavy atom. The summed E-state index contributed by atoms with van der Waals surface area (Å²) in [6.07, 6.45) is 4.57. The van der Waals surface area contributed by atoms with E-state index in [4.69, 9.17) is 23.2 Å². The predicted octanol–water partition coefficient (Wildman–Crippen LogP) is 5.71. The van der Waals surface area contributed by atoms with Crippen LogP contribution in [0.5, 0.6) is 0 Å². The predicted molar refractivity (Wildman–Crippen MR) is 83.1 cm³/mol. The summed E-state index contributed by atoms with van der Waals surface area (Å²) in [5.41, 5.74) is 1.47. The summed E-state index contributed by atoms with van der Waals surface area (Å²) in [5, 5.41) is 0.0990. The Labute approximate surface area is 128 Å². The number of aromatic nitrogens is 2. The normalized spacial score (nSPS) is 13.1. The molecule has 1 aromatic carbocycles. The van der Waals surface area contributed by atoms with E-state index in [2.05, 4.69) is 18.8 Å². The smallest absolute Gasteiger partial charge is 0.144 e. The Morgan fingerprint density at radius 3 is 2.75 bits per heavy atom. The van der Waals surface area contributed by atoms with Gasteiger partial charge in [0.25, 0.3) is 0 Å². The van der Waals surface area contributed by atoms with Gasteiger partial charge in [0.05, 0.1) is 21.9 Å². The van der Waals surface area contributed by atoms with Crippen molar-refractivity contribution in [3.63, 3.8) is 0 Å². The minimum atomic E-state index is -0.415. The molecule has 0 aliphatic rings. The molecule has 1 aromatic heterocycles. The molecular weight excluding hydrogens is 298 g/mol. The molecule has 20 heavy (non-hydrogen) atoms. The molecule has 1 unspecified atom stereocenters. The molecule has 0 saturated heterocycles. The molecule has 1 atom stereocenters. The van der Waals surface area contributed by atoms with Crippen molar-refractivity contribution in [1.82, 2.24) is 9.55 Å². The Balaban J connectivity index is 2.41. The number of hydrogen-bond acceptors (Lipinski definition) is 1. The first-order valence-corrected chi connectivity index (χ1v) is 7.91. The van der Waals surface area contributed by atoms with E-state index >= 15 is 0 Å². The highest BCUT2D eigenvalue weighted by Crippen LogP contribution is 2.29. The number of halogens is 3. The zero-order chi connectivity index (χ0) is 14.7. The van der Waals surface area contributed by atoms with E-state index in [0.29, 0.717) is 11.4 Å². The molecule has 2 aromatic rings. The van der Waals surface area contributed by atoms with Crippen molar-refractivity contribution in [3.05, 3.63) is 28.8 Å². The highest BCUT2D eigenvalue weighted by Gasteiger charge is 2.17. The van der Waals surface area contributed by atoms with Crippen molar-refractivity contribution in [2.75, 3.05) is 0 Å². The Morgan fingerprint density at radius 1 is 1.35 bits per heavy atom. The first-order chi connectivity index (χ1) is 9.58. The fourth-order valence-electron chi connectivity index (χ4n) is 2.55. The SMILES string of the molecule is CCCCCC(C)n1c(CCl)nc2cc(Cl)c(F)cc21. The molecule has 0 saturated carbocycles. The molecule has 2 rings (SSSR count). The van der Waals surface area contributed by atoms with Gasteiger partial charge < -0.3 is 4.57 Å². The monoisotopic (exact) mass is 316 g/mol. The van der Waals surface area contributed by atoms with Gasteiger partial charge in [-0.15, -0.1) is 11.6 Å². The molecule has 0 aliphatic heterocycles. The molecule has 2 nitrogen and oxygen atoms in total. The van der Waals surface area contributed by atoms with Crippen LogP contribution in [0.4, 0.5) is 4.39 Å². The fourth-order valence-corrected chi connectivity index (χ4v) is 2.89. The topological polar surface area (TPSA) is 17.8 Å². The maximum Gasteiger partial charge on any atom is 0.144 e. The lowest BCUT2D eigenvalue weighted by Crippen LogP contribution is -2.08. The molecule has 5 heteroatoms. The average Bonchev–Trinajstić information content (AvgIpc) is 2.77. The molecule has 0 bridgehead atoms. The van der Waals surface area contributed by atoms with Crippen LogP contribution < -0.4 is 0 Å². The van der Waals surface area contributed by atoms with Crippen LogP contribution in [0.3, 0.4) is 0 Å². The molecule has 0 fully saturated rings. The van der Waals surface area contributed by atoms with Gasteiger partial charge in [0.2, 0.25) is 0 Å². The highest BCUT2D eigenvalue weighted by atomic mass is 35.5. The zero-order valence-electron chi connectivity index (χ0n) is 11.8. The van der Waals surface area contributed by atoms with Gasteiger partial charge in [-0.2, -0.15) is 0 Å². The van der Waals surface area contributed by atoms with E-state index in [1.165, 1.54) is 18.9 Å². The second-order valence-corrected chi connectivity index (χ2v) is 5.81. The molecule has 0 amide bonds. The number of fused-ring (bicyclic) bond motifs is 1. The number of alkyl halides is 1. The first-order valence-electron chi connectivity index (χ1n) is 7.00. The average molecular weight is 317 g/mol. The van der Waals surface area contributed by atoms with Gasteiger partial charge in [0.15, 0.2) is 0 Å². The molecular formula is C15H19Cl2FN2. The van der Waals surface area contributed by atoms with Crippen LogP contribution in [-0.4, -0.2) is 9.55 Å². The summed E-state index contributed by atoms with van der Waals surface area (Å²) in [4.78, 5) is 4.46. The maximum absolute atomic E-state index is 13.7. The number of hydrogen-bond donors (Lipinski definition) is 0.